The van der Waals surface area contributed by atoms with Crippen molar-refractivity contribution in [2.75, 3.05) is 0 Å². The Balaban J connectivity index is 2.06. The predicted molar refractivity (Wildman–Crippen MR) is 62.7 cm³/mol. The molecule has 2 aromatic rings. The lowest BCUT2D eigenvalue weighted by molar-refractivity contribution is -0.136. The maximum absolute atomic E-state index is 12.7. The highest BCUT2D eigenvalue weighted by atomic mass is 32.1. The lowest BCUT2D eigenvalue weighted by Crippen LogP contribution is -1.97. The van der Waals surface area contributed by atoms with Gasteiger partial charge in [0.25, 0.3) is 0 Å². The van der Waals surface area contributed by atoms with Gasteiger partial charge in [-0.3, -0.25) is 4.79 Å². The average molecular weight is 251 g/mol. The fourth-order valence-corrected chi connectivity index (χ4v) is 2.39. The molecule has 0 amide bonds. The molecular formula is C12H10FNO2S. The van der Waals surface area contributed by atoms with Crippen LogP contribution < -0.4 is 0 Å². The molecule has 0 unspecified atom stereocenters. The molecule has 0 atom stereocenters. The summed E-state index contributed by atoms with van der Waals surface area (Å²) in [6, 6.07) is 6.21. The monoisotopic (exact) mass is 251 g/mol. The van der Waals surface area contributed by atoms with Gasteiger partial charge in [-0.2, -0.15) is 0 Å². The molecule has 1 aromatic carbocycles. The standard InChI is InChI=1S/C12H10FNO2S/c13-9-3-1-8(2-4-9)5-11-14-7-10(17-11)6-12(15)16/h1-4,7H,5-6H2,(H,15,16). The fraction of sp³-hybridized carbons (Fsp3) is 0.167. The first kappa shape index (κ1) is 11.7. The van der Waals surface area contributed by atoms with Crippen LogP contribution in [0.3, 0.4) is 0 Å². The third kappa shape index (κ3) is 3.35. The van der Waals surface area contributed by atoms with Crippen molar-refractivity contribution in [1.29, 1.82) is 0 Å². The highest BCUT2D eigenvalue weighted by Crippen LogP contribution is 2.17. The van der Waals surface area contributed by atoms with E-state index in [0.29, 0.717) is 6.42 Å². The van der Waals surface area contributed by atoms with Crippen LogP contribution in [-0.4, -0.2) is 16.1 Å². The molecule has 0 saturated carbocycles. The van der Waals surface area contributed by atoms with Crippen molar-refractivity contribution < 1.29 is 14.3 Å². The number of carbonyl (C=O) groups is 1. The molecule has 2 rings (SSSR count). The largest absolute Gasteiger partial charge is 0.481 e. The topological polar surface area (TPSA) is 50.2 Å². The quantitative estimate of drug-likeness (QED) is 0.908. The number of benzene rings is 1. The van der Waals surface area contributed by atoms with Crippen molar-refractivity contribution in [3.8, 4) is 0 Å². The molecule has 0 fully saturated rings. The first-order chi connectivity index (χ1) is 8.13. The normalized spacial score (nSPS) is 10.4. The molecule has 88 valence electrons. The van der Waals surface area contributed by atoms with Crippen molar-refractivity contribution in [3.05, 3.63) is 51.7 Å². The lowest BCUT2D eigenvalue weighted by Gasteiger charge is -1.96. The van der Waals surface area contributed by atoms with E-state index in [1.807, 2.05) is 0 Å². The summed E-state index contributed by atoms with van der Waals surface area (Å²) < 4.78 is 12.7. The van der Waals surface area contributed by atoms with E-state index >= 15 is 0 Å². The van der Waals surface area contributed by atoms with Crippen LogP contribution in [0.5, 0.6) is 0 Å². The number of aromatic nitrogens is 1. The average Bonchev–Trinajstić information content (AvgIpc) is 2.68. The van der Waals surface area contributed by atoms with Crippen LogP contribution in [0.1, 0.15) is 15.4 Å². The van der Waals surface area contributed by atoms with Gasteiger partial charge in [-0.25, -0.2) is 9.37 Å². The second-order valence-corrected chi connectivity index (χ2v) is 4.79. The van der Waals surface area contributed by atoms with E-state index in [-0.39, 0.29) is 12.2 Å². The van der Waals surface area contributed by atoms with Crippen LogP contribution in [0.15, 0.2) is 30.5 Å². The Labute approximate surface area is 102 Å². The van der Waals surface area contributed by atoms with Crippen LogP contribution in [0, 0.1) is 5.82 Å². The Bertz CT molecular complexity index is 522. The number of carboxylic acid groups (broad SMARTS) is 1. The zero-order valence-electron chi connectivity index (χ0n) is 8.89. The highest BCUT2D eigenvalue weighted by Gasteiger charge is 2.06. The molecule has 3 nitrogen and oxygen atoms in total. The summed E-state index contributed by atoms with van der Waals surface area (Å²) in [5.74, 6) is -1.12. The number of nitrogens with zero attached hydrogens (tertiary/aromatic N) is 1. The summed E-state index contributed by atoms with van der Waals surface area (Å²) in [5.41, 5.74) is 0.961. The summed E-state index contributed by atoms with van der Waals surface area (Å²) in [5, 5.41) is 9.47. The summed E-state index contributed by atoms with van der Waals surface area (Å²) >= 11 is 1.37. The first-order valence-corrected chi connectivity index (χ1v) is 5.85. The van der Waals surface area contributed by atoms with Gasteiger partial charge >= 0.3 is 5.97 Å². The second kappa shape index (κ2) is 5.05. The van der Waals surface area contributed by atoms with Crippen LogP contribution in [0.2, 0.25) is 0 Å². The molecule has 0 aliphatic carbocycles. The van der Waals surface area contributed by atoms with E-state index in [1.165, 1.54) is 23.5 Å². The van der Waals surface area contributed by atoms with Gasteiger partial charge in [0, 0.05) is 17.5 Å². The predicted octanol–water partition coefficient (Wildman–Crippen LogP) is 2.50. The number of carboxylic acids is 1. The van der Waals surface area contributed by atoms with Gasteiger partial charge in [-0.15, -0.1) is 11.3 Å². The Morgan fingerprint density at radius 2 is 2.06 bits per heavy atom. The van der Waals surface area contributed by atoms with Crippen molar-refractivity contribution >= 4 is 17.3 Å². The van der Waals surface area contributed by atoms with E-state index in [9.17, 15) is 9.18 Å². The minimum absolute atomic E-state index is 0.00108. The van der Waals surface area contributed by atoms with Gasteiger partial charge in [0.15, 0.2) is 0 Å². The van der Waals surface area contributed by atoms with Crippen molar-refractivity contribution in [2.24, 2.45) is 0 Å². The van der Waals surface area contributed by atoms with E-state index in [0.717, 1.165) is 15.4 Å². The van der Waals surface area contributed by atoms with E-state index in [4.69, 9.17) is 5.11 Å². The van der Waals surface area contributed by atoms with Crippen LogP contribution in [0.25, 0.3) is 0 Å². The zero-order valence-corrected chi connectivity index (χ0v) is 9.71. The maximum atomic E-state index is 12.7. The van der Waals surface area contributed by atoms with Gasteiger partial charge in [-0.05, 0) is 17.7 Å². The molecule has 0 aliphatic rings. The summed E-state index contributed by atoms with van der Waals surface area (Å²) in [6.07, 6.45) is 2.18. The molecule has 0 bridgehead atoms. The van der Waals surface area contributed by atoms with Gasteiger partial charge in [0.1, 0.15) is 5.82 Å². The first-order valence-electron chi connectivity index (χ1n) is 5.03. The van der Waals surface area contributed by atoms with Gasteiger partial charge in [0.05, 0.1) is 11.4 Å². The van der Waals surface area contributed by atoms with Crippen LogP contribution in [0.4, 0.5) is 4.39 Å². The number of hydrogen-bond donors (Lipinski definition) is 1. The van der Waals surface area contributed by atoms with Crippen molar-refractivity contribution in [3.63, 3.8) is 0 Å². The van der Waals surface area contributed by atoms with Crippen molar-refractivity contribution in [2.45, 2.75) is 12.8 Å². The summed E-state index contributed by atoms with van der Waals surface area (Å²) in [6.45, 7) is 0. The van der Waals surface area contributed by atoms with Crippen LogP contribution >= 0.6 is 11.3 Å². The Hall–Kier alpha value is -1.75. The van der Waals surface area contributed by atoms with E-state index in [2.05, 4.69) is 4.98 Å². The third-order valence-electron chi connectivity index (χ3n) is 2.20. The maximum Gasteiger partial charge on any atom is 0.308 e. The molecule has 5 heteroatoms. The molecule has 17 heavy (non-hydrogen) atoms. The molecular weight excluding hydrogens is 241 g/mol. The molecule has 1 N–H and O–H groups in total. The Morgan fingerprint density at radius 3 is 2.71 bits per heavy atom. The zero-order chi connectivity index (χ0) is 12.3. The second-order valence-electron chi connectivity index (χ2n) is 3.59. The minimum Gasteiger partial charge on any atom is -0.481 e. The van der Waals surface area contributed by atoms with Gasteiger partial charge in [0.2, 0.25) is 0 Å². The van der Waals surface area contributed by atoms with E-state index in [1.54, 1.807) is 18.3 Å². The Morgan fingerprint density at radius 1 is 1.35 bits per heavy atom. The SMILES string of the molecule is O=C(O)Cc1cnc(Cc2ccc(F)cc2)s1. The molecule has 1 aromatic heterocycles. The number of aliphatic carboxylic acids is 1. The number of rotatable bonds is 4. The summed E-state index contributed by atoms with van der Waals surface area (Å²) in [4.78, 5) is 15.4. The smallest absolute Gasteiger partial charge is 0.308 e. The Kier molecular flexibility index (Phi) is 3.49. The molecule has 0 spiro atoms. The molecule has 0 aliphatic heterocycles. The highest BCUT2D eigenvalue weighted by molar-refractivity contribution is 7.11. The van der Waals surface area contributed by atoms with Crippen LogP contribution in [-0.2, 0) is 17.6 Å². The number of hydrogen-bond acceptors (Lipinski definition) is 3. The van der Waals surface area contributed by atoms with Crippen molar-refractivity contribution in [1.82, 2.24) is 4.98 Å². The summed E-state index contributed by atoms with van der Waals surface area (Å²) in [7, 11) is 0. The lowest BCUT2D eigenvalue weighted by atomic mass is 10.2. The molecule has 1 heterocycles. The van der Waals surface area contributed by atoms with E-state index < -0.39 is 5.97 Å². The number of halogens is 1. The van der Waals surface area contributed by atoms with Gasteiger partial charge < -0.3 is 5.11 Å². The molecule has 0 radical (unpaired) electrons. The number of thiazole rings is 1. The fourth-order valence-electron chi connectivity index (χ4n) is 1.44. The minimum atomic E-state index is -0.859. The third-order valence-corrected chi connectivity index (χ3v) is 3.19. The molecule has 0 saturated heterocycles. The van der Waals surface area contributed by atoms with Gasteiger partial charge in [-0.1, -0.05) is 12.1 Å².